The summed E-state index contributed by atoms with van der Waals surface area (Å²) in [5.74, 6) is -1.82. The highest BCUT2D eigenvalue weighted by molar-refractivity contribution is 9.10. The van der Waals surface area contributed by atoms with Gasteiger partial charge in [0.05, 0.1) is 5.38 Å². The van der Waals surface area contributed by atoms with Crippen LogP contribution in [0.4, 0.5) is 13.2 Å². The quantitative estimate of drug-likeness (QED) is 0.662. The number of benzene rings is 2. The molecule has 0 heterocycles. The second-order valence-corrected chi connectivity index (χ2v) is 4.98. The monoisotopic (exact) mass is 334 g/mol. The van der Waals surface area contributed by atoms with Gasteiger partial charge >= 0.3 is 0 Å². The fraction of sp³-hybridized carbons (Fsp3) is 0.0769. The first-order chi connectivity index (χ1) is 8.49. The van der Waals surface area contributed by atoms with E-state index in [0.29, 0.717) is 10.0 Å². The van der Waals surface area contributed by atoms with Crippen LogP contribution in [0.15, 0.2) is 40.9 Å². The smallest absolute Gasteiger partial charge is 0.131 e. The van der Waals surface area contributed by atoms with E-state index in [9.17, 15) is 13.2 Å². The second-order valence-electron chi connectivity index (χ2n) is 3.69. The van der Waals surface area contributed by atoms with Crippen LogP contribution >= 0.6 is 27.5 Å². The van der Waals surface area contributed by atoms with Crippen molar-refractivity contribution < 1.29 is 13.2 Å². The van der Waals surface area contributed by atoms with Crippen LogP contribution in [0.2, 0.25) is 0 Å². The van der Waals surface area contributed by atoms with Crippen LogP contribution in [0.25, 0.3) is 0 Å². The highest BCUT2D eigenvalue weighted by Crippen LogP contribution is 2.35. The summed E-state index contributed by atoms with van der Waals surface area (Å²) in [5, 5.41) is -0.819. The zero-order valence-electron chi connectivity index (χ0n) is 8.93. The van der Waals surface area contributed by atoms with Gasteiger partial charge in [-0.05, 0) is 23.8 Å². The molecule has 0 aliphatic rings. The van der Waals surface area contributed by atoms with Gasteiger partial charge in [-0.1, -0.05) is 28.1 Å². The normalized spacial score (nSPS) is 12.5. The van der Waals surface area contributed by atoms with Crippen LogP contribution in [0.1, 0.15) is 16.5 Å². The molecule has 0 nitrogen and oxygen atoms in total. The van der Waals surface area contributed by atoms with E-state index in [2.05, 4.69) is 15.9 Å². The van der Waals surface area contributed by atoms with Crippen molar-refractivity contribution in [3.8, 4) is 0 Å². The van der Waals surface area contributed by atoms with E-state index in [0.717, 1.165) is 12.1 Å². The molecule has 94 valence electrons. The van der Waals surface area contributed by atoms with Gasteiger partial charge in [0.25, 0.3) is 0 Å². The molecule has 0 radical (unpaired) electrons. The van der Waals surface area contributed by atoms with Crippen molar-refractivity contribution in [1.82, 2.24) is 0 Å². The van der Waals surface area contributed by atoms with Crippen LogP contribution in [0.5, 0.6) is 0 Å². The lowest BCUT2D eigenvalue weighted by atomic mass is 10.0. The van der Waals surface area contributed by atoms with Crippen molar-refractivity contribution in [2.45, 2.75) is 5.38 Å². The third kappa shape index (κ3) is 2.70. The molecule has 2 aromatic rings. The summed E-state index contributed by atoms with van der Waals surface area (Å²) in [6, 6.07) is 7.11. The molecule has 0 aromatic heterocycles. The minimum Gasteiger partial charge on any atom is -0.207 e. The molecule has 0 bridgehead atoms. The number of hydrogen-bond donors (Lipinski definition) is 0. The molecule has 0 N–H and O–H groups in total. The van der Waals surface area contributed by atoms with Gasteiger partial charge in [-0.2, -0.15) is 0 Å². The molecule has 0 aliphatic carbocycles. The predicted octanol–water partition coefficient (Wildman–Crippen LogP) is 5.19. The first-order valence-corrected chi connectivity index (χ1v) is 6.26. The lowest BCUT2D eigenvalue weighted by Gasteiger charge is -2.13. The number of alkyl halides is 1. The van der Waals surface area contributed by atoms with Crippen molar-refractivity contribution >= 4 is 27.5 Å². The minimum atomic E-state index is -0.819. The molecule has 0 aliphatic heterocycles. The molecule has 18 heavy (non-hydrogen) atoms. The van der Waals surface area contributed by atoms with Crippen LogP contribution in [-0.4, -0.2) is 0 Å². The lowest BCUT2D eigenvalue weighted by Crippen LogP contribution is -1.99. The van der Waals surface area contributed by atoms with Gasteiger partial charge in [-0.15, -0.1) is 11.6 Å². The SMILES string of the molecule is Fc1ccc(C(Cl)c2ccc(F)cc2Br)c(F)c1. The molecular weight excluding hydrogens is 328 g/mol. The fourth-order valence-electron chi connectivity index (χ4n) is 1.58. The zero-order valence-corrected chi connectivity index (χ0v) is 11.3. The highest BCUT2D eigenvalue weighted by atomic mass is 79.9. The second kappa shape index (κ2) is 5.33. The van der Waals surface area contributed by atoms with Gasteiger partial charge in [0.1, 0.15) is 17.5 Å². The van der Waals surface area contributed by atoms with E-state index < -0.39 is 22.8 Å². The lowest BCUT2D eigenvalue weighted by molar-refractivity contribution is 0.573. The standard InChI is InChI=1S/C13H7BrClF3/c14-11-5-7(16)1-3-9(11)13(15)10-4-2-8(17)6-12(10)18/h1-6,13H. The third-order valence-corrected chi connectivity index (χ3v) is 3.63. The van der Waals surface area contributed by atoms with Gasteiger partial charge in [0.2, 0.25) is 0 Å². The number of rotatable bonds is 2. The molecule has 0 saturated heterocycles. The summed E-state index contributed by atoms with van der Waals surface area (Å²) in [4.78, 5) is 0. The maximum Gasteiger partial charge on any atom is 0.131 e. The summed E-state index contributed by atoms with van der Waals surface area (Å²) in [6.45, 7) is 0. The number of halogens is 5. The molecule has 0 spiro atoms. The van der Waals surface area contributed by atoms with Crippen LogP contribution in [0, 0.1) is 17.5 Å². The Morgan fingerprint density at radius 3 is 2.00 bits per heavy atom. The van der Waals surface area contributed by atoms with Crippen molar-refractivity contribution in [2.75, 3.05) is 0 Å². The predicted molar refractivity (Wildman–Crippen MR) is 68.2 cm³/mol. The van der Waals surface area contributed by atoms with Gasteiger partial charge in [0, 0.05) is 16.1 Å². The average Bonchev–Trinajstić information content (AvgIpc) is 2.28. The Hall–Kier alpha value is -1.000. The van der Waals surface area contributed by atoms with Gasteiger partial charge in [-0.25, -0.2) is 13.2 Å². The Morgan fingerprint density at radius 2 is 1.44 bits per heavy atom. The van der Waals surface area contributed by atoms with Crippen molar-refractivity contribution in [2.24, 2.45) is 0 Å². The average molecular weight is 336 g/mol. The first-order valence-electron chi connectivity index (χ1n) is 5.03. The molecule has 0 saturated carbocycles. The summed E-state index contributed by atoms with van der Waals surface area (Å²) < 4.78 is 39.8. The fourth-order valence-corrected chi connectivity index (χ4v) is 2.66. The Kier molecular flexibility index (Phi) is 3.97. The topological polar surface area (TPSA) is 0 Å². The van der Waals surface area contributed by atoms with Gasteiger partial charge in [-0.3, -0.25) is 0 Å². The van der Waals surface area contributed by atoms with Crippen LogP contribution in [-0.2, 0) is 0 Å². The maximum atomic E-state index is 13.6. The van der Waals surface area contributed by atoms with Crippen molar-refractivity contribution in [3.05, 3.63) is 69.4 Å². The Bertz CT molecular complexity index is 535. The van der Waals surface area contributed by atoms with E-state index in [1.807, 2.05) is 0 Å². The zero-order chi connectivity index (χ0) is 13.3. The molecule has 0 amide bonds. The van der Waals surface area contributed by atoms with E-state index in [1.54, 1.807) is 0 Å². The van der Waals surface area contributed by atoms with E-state index in [4.69, 9.17) is 11.6 Å². The molecule has 1 unspecified atom stereocenters. The van der Waals surface area contributed by atoms with Crippen LogP contribution in [0.3, 0.4) is 0 Å². The molecule has 0 fully saturated rings. The first kappa shape index (κ1) is 13.4. The summed E-state index contributed by atoms with van der Waals surface area (Å²) >= 11 is 9.30. The van der Waals surface area contributed by atoms with E-state index in [1.165, 1.54) is 24.3 Å². The van der Waals surface area contributed by atoms with Gasteiger partial charge in [0.15, 0.2) is 0 Å². The van der Waals surface area contributed by atoms with Crippen LogP contribution < -0.4 is 0 Å². The van der Waals surface area contributed by atoms with E-state index in [-0.39, 0.29) is 5.56 Å². The third-order valence-electron chi connectivity index (χ3n) is 2.47. The molecule has 2 aromatic carbocycles. The van der Waals surface area contributed by atoms with Crippen molar-refractivity contribution in [1.29, 1.82) is 0 Å². The summed E-state index contributed by atoms with van der Waals surface area (Å²) in [5.41, 5.74) is 0.661. The van der Waals surface area contributed by atoms with Crippen molar-refractivity contribution in [3.63, 3.8) is 0 Å². The highest BCUT2D eigenvalue weighted by Gasteiger charge is 2.18. The Labute approximate surface area is 116 Å². The Balaban J connectivity index is 2.44. The van der Waals surface area contributed by atoms with Gasteiger partial charge < -0.3 is 0 Å². The minimum absolute atomic E-state index is 0.144. The Morgan fingerprint density at radius 1 is 0.889 bits per heavy atom. The summed E-state index contributed by atoms with van der Waals surface area (Å²) in [7, 11) is 0. The number of hydrogen-bond acceptors (Lipinski definition) is 0. The molecule has 1 atom stereocenters. The van der Waals surface area contributed by atoms with E-state index >= 15 is 0 Å². The maximum absolute atomic E-state index is 13.6. The largest absolute Gasteiger partial charge is 0.207 e. The molecule has 2 rings (SSSR count). The molecular formula is C13H7BrClF3. The molecule has 5 heteroatoms. The summed E-state index contributed by atoms with van der Waals surface area (Å²) in [6.07, 6.45) is 0.